The van der Waals surface area contributed by atoms with E-state index >= 15 is 0 Å². The highest BCUT2D eigenvalue weighted by molar-refractivity contribution is 6.04. The highest BCUT2D eigenvalue weighted by Gasteiger charge is 2.27. The number of rotatable bonds is 4. The van der Waals surface area contributed by atoms with Gasteiger partial charge < -0.3 is 15.5 Å². The van der Waals surface area contributed by atoms with Crippen LogP contribution in [0.5, 0.6) is 0 Å². The van der Waals surface area contributed by atoms with Crippen LogP contribution < -0.4 is 5.32 Å². The molecule has 0 atom stereocenters. The van der Waals surface area contributed by atoms with Gasteiger partial charge in [0.05, 0.1) is 17.0 Å². The van der Waals surface area contributed by atoms with Crippen molar-refractivity contribution in [3.8, 4) is 0 Å². The van der Waals surface area contributed by atoms with Crippen molar-refractivity contribution in [3.05, 3.63) is 35.4 Å². The van der Waals surface area contributed by atoms with Gasteiger partial charge in [-0.2, -0.15) is 0 Å². The Hall–Kier alpha value is -2.37. The van der Waals surface area contributed by atoms with Gasteiger partial charge in [0.15, 0.2) is 0 Å². The molecule has 0 unspecified atom stereocenters. The molecule has 0 spiro atoms. The van der Waals surface area contributed by atoms with Gasteiger partial charge in [-0.1, -0.05) is 12.1 Å². The fourth-order valence-corrected chi connectivity index (χ4v) is 2.62. The topological polar surface area (TPSA) is 104 Å². The summed E-state index contributed by atoms with van der Waals surface area (Å²) in [5, 5.41) is 20.8. The van der Waals surface area contributed by atoms with Gasteiger partial charge in [0.25, 0.3) is 5.91 Å². The Morgan fingerprint density at radius 2 is 1.52 bits per heavy atom. The first kappa shape index (κ1) is 15.0. The van der Waals surface area contributed by atoms with Gasteiger partial charge in [0.2, 0.25) is 0 Å². The van der Waals surface area contributed by atoms with Crippen molar-refractivity contribution in [1.29, 1.82) is 0 Å². The molecule has 0 radical (unpaired) electrons. The number of hydrogen-bond donors (Lipinski definition) is 3. The van der Waals surface area contributed by atoms with Gasteiger partial charge in [0, 0.05) is 6.04 Å². The maximum absolute atomic E-state index is 12.2. The van der Waals surface area contributed by atoms with E-state index in [-0.39, 0.29) is 23.1 Å². The van der Waals surface area contributed by atoms with Gasteiger partial charge in [-0.3, -0.25) is 9.59 Å². The number of hydrogen-bond acceptors (Lipinski definition) is 3. The second-order valence-electron chi connectivity index (χ2n) is 5.21. The smallest absolute Gasteiger partial charge is 0.336 e. The van der Waals surface area contributed by atoms with Crippen molar-refractivity contribution in [2.75, 3.05) is 0 Å². The SMILES string of the molecule is O=C(O)c1ccccc1C(=O)NC1CCC(C(=O)O)CC1. The minimum atomic E-state index is -1.14. The molecule has 2 rings (SSSR count). The number of aliphatic carboxylic acids is 1. The van der Waals surface area contributed by atoms with E-state index in [1.807, 2.05) is 0 Å². The Morgan fingerprint density at radius 1 is 0.952 bits per heavy atom. The zero-order valence-corrected chi connectivity index (χ0v) is 11.4. The zero-order chi connectivity index (χ0) is 15.4. The first-order chi connectivity index (χ1) is 9.99. The van der Waals surface area contributed by atoms with Crippen LogP contribution in [-0.4, -0.2) is 34.1 Å². The van der Waals surface area contributed by atoms with Crippen molar-refractivity contribution in [2.45, 2.75) is 31.7 Å². The predicted molar refractivity (Wildman–Crippen MR) is 74.2 cm³/mol. The third-order valence-corrected chi connectivity index (χ3v) is 3.81. The van der Waals surface area contributed by atoms with Crippen molar-refractivity contribution in [3.63, 3.8) is 0 Å². The molecule has 1 fully saturated rings. The Bertz CT molecular complexity index is 561. The maximum atomic E-state index is 12.2. The molecule has 0 bridgehead atoms. The first-order valence-corrected chi connectivity index (χ1v) is 6.85. The van der Waals surface area contributed by atoms with E-state index in [1.54, 1.807) is 12.1 Å². The second kappa shape index (κ2) is 6.39. The molecule has 0 heterocycles. The lowest BCUT2D eigenvalue weighted by Crippen LogP contribution is -2.39. The molecule has 0 aliphatic heterocycles. The fraction of sp³-hybridized carbons (Fsp3) is 0.400. The third kappa shape index (κ3) is 3.59. The summed E-state index contributed by atoms with van der Waals surface area (Å²) in [5.74, 6) is -2.71. The standard InChI is InChI=1S/C15H17NO5/c17-13(11-3-1-2-4-12(11)15(20)21)16-10-7-5-9(6-8-10)14(18)19/h1-4,9-10H,5-8H2,(H,16,17)(H,18,19)(H,20,21). The van der Waals surface area contributed by atoms with E-state index in [0.29, 0.717) is 25.7 Å². The quantitative estimate of drug-likeness (QED) is 0.784. The average molecular weight is 291 g/mol. The molecule has 1 aliphatic carbocycles. The first-order valence-electron chi connectivity index (χ1n) is 6.85. The van der Waals surface area contributed by atoms with E-state index < -0.39 is 17.8 Å². The molecule has 21 heavy (non-hydrogen) atoms. The van der Waals surface area contributed by atoms with E-state index in [2.05, 4.69) is 5.32 Å². The normalized spacial score (nSPS) is 21.5. The molecule has 1 amide bonds. The number of carbonyl (C=O) groups is 3. The summed E-state index contributed by atoms with van der Waals surface area (Å²) in [6.45, 7) is 0. The minimum Gasteiger partial charge on any atom is -0.481 e. The lowest BCUT2D eigenvalue weighted by molar-refractivity contribution is -0.142. The zero-order valence-electron chi connectivity index (χ0n) is 11.4. The molecule has 0 saturated heterocycles. The fourth-order valence-electron chi connectivity index (χ4n) is 2.62. The second-order valence-corrected chi connectivity index (χ2v) is 5.21. The number of amides is 1. The van der Waals surface area contributed by atoms with Crippen LogP contribution in [0.3, 0.4) is 0 Å². The molecule has 1 aromatic carbocycles. The minimum absolute atomic E-state index is 0.0331. The third-order valence-electron chi connectivity index (χ3n) is 3.81. The van der Waals surface area contributed by atoms with Gasteiger partial charge >= 0.3 is 11.9 Å². The lowest BCUT2D eigenvalue weighted by Gasteiger charge is -2.27. The van der Waals surface area contributed by atoms with Crippen LogP contribution in [0.15, 0.2) is 24.3 Å². The highest BCUT2D eigenvalue weighted by Crippen LogP contribution is 2.24. The van der Waals surface area contributed by atoms with Crippen LogP contribution in [0.25, 0.3) is 0 Å². The maximum Gasteiger partial charge on any atom is 0.336 e. The summed E-state index contributed by atoms with van der Waals surface area (Å²) < 4.78 is 0. The lowest BCUT2D eigenvalue weighted by atomic mass is 9.86. The van der Waals surface area contributed by atoms with Crippen molar-refractivity contribution in [1.82, 2.24) is 5.32 Å². The Kier molecular flexibility index (Phi) is 4.57. The number of carboxylic acid groups (broad SMARTS) is 2. The number of nitrogens with one attached hydrogen (secondary N) is 1. The summed E-state index contributed by atoms with van der Waals surface area (Å²) in [6, 6.07) is 5.94. The summed E-state index contributed by atoms with van der Waals surface area (Å²) in [4.78, 5) is 34.1. The number of carbonyl (C=O) groups excluding carboxylic acids is 1. The van der Waals surface area contributed by atoms with E-state index in [4.69, 9.17) is 10.2 Å². The molecule has 6 nitrogen and oxygen atoms in total. The van der Waals surface area contributed by atoms with Gasteiger partial charge in [-0.15, -0.1) is 0 Å². The molecule has 6 heteroatoms. The van der Waals surface area contributed by atoms with Gasteiger partial charge in [-0.25, -0.2) is 4.79 Å². The van der Waals surface area contributed by atoms with Crippen LogP contribution in [0, 0.1) is 5.92 Å². The molecule has 0 aromatic heterocycles. The van der Waals surface area contributed by atoms with Crippen LogP contribution in [0.4, 0.5) is 0 Å². The van der Waals surface area contributed by atoms with Gasteiger partial charge in [-0.05, 0) is 37.8 Å². The summed E-state index contributed by atoms with van der Waals surface area (Å²) >= 11 is 0. The molecular weight excluding hydrogens is 274 g/mol. The molecule has 1 aromatic rings. The highest BCUT2D eigenvalue weighted by atomic mass is 16.4. The summed E-state index contributed by atoms with van der Waals surface area (Å²) in [5.41, 5.74) is 0.0968. The number of aromatic carboxylic acids is 1. The summed E-state index contributed by atoms with van der Waals surface area (Å²) in [7, 11) is 0. The summed E-state index contributed by atoms with van der Waals surface area (Å²) in [6.07, 6.45) is 2.25. The Morgan fingerprint density at radius 3 is 2.05 bits per heavy atom. The Labute approximate surface area is 121 Å². The molecule has 3 N–H and O–H groups in total. The predicted octanol–water partition coefficient (Wildman–Crippen LogP) is 1.76. The Balaban J connectivity index is 2.00. The molecular formula is C15H17NO5. The van der Waals surface area contributed by atoms with E-state index in [0.717, 1.165) is 0 Å². The molecule has 1 aliphatic rings. The van der Waals surface area contributed by atoms with E-state index in [9.17, 15) is 14.4 Å². The van der Waals surface area contributed by atoms with Crippen LogP contribution in [-0.2, 0) is 4.79 Å². The van der Waals surface area contributed by atoms with Crippen molar-refractivity contribution < 1.29 is 24.6 Å². The van der Waals surface area contributed by atoms with Crippen LogP contribution in [0.2, 0.25) is 0 Å². The van der Waals surface area contributed by atoms with Crippen LogP contribution >= 0.6 is 0 Å². The van der Waals surface area contributed by atoms with Crippen molar-refractivity contribution >= 4 is 17.8 Å². The monoisotopic (exact) mass is 291 g/mol. The average Bonchev–Trinajstić information content (AvgIpc) is 2.47. The van der Waals surface area contributed by atoms with Gasteiger partial charge in [0.1, 0.15) is 0 Å². The van der Waals surface area contributed by atoms with Crippen molar-refractivity contribution in [2.24, 2.45) is 5.92 Å². The largest absolute Gasteiger partial charge is 0.481 e. The van der Waals surface area contributed by atoms with Crippen LogP contribution in [0.1, 0.15) is 46.4 Å². The number of benzene rings is 1. The van der Waals surface area contributed by atoms with E-state index in [1.165, 1.54) is 12.1 Å². The molecule has 112 valence electrons. The molecule has 1 saturated carbocycles. The number of carboxylic acids is 2.